The van der Waals surface area contributed by atoms with Gasteiger partial charge in [0.05, 0.1) is 5.75 Å². The first-order valence-electron chi connectivity index (χ1n) is 9.31. The standard InChI is InChI=1S/C21H27NOS/c23-20(15-24-8-4-7-16-5-2-1-3-6-16)22-21-12-17-9-18(13-21)11-19(10-17)14-21/h1-7,17-19H,8-15H2,(H,22,23)/b7-4+. The van der Waals surface area contributed by atoms with E-state index in [1.54, 1.807) is 11.8 Å². The molecule has 4 fully saturated rings. The molecule has 4 aliphatic rings. The lowest BCUT2D eigenvalue weighted by atomic mass is 9.53. The van der Waals surface area contributed by atoms with Crippen LogP contribution >= 0.6 is 11.8 Å². The van der Waals surface area contributed by atoms with Gasteiger partial charge in [-0.05, 0) is 61.8 Å². The maximum atomic E-state index is 12.4. The average Bonchev–Trinajstić information content (AvgIpc) is 2.53. The van der Waals surface area contributed by atoms with Gasteiger partial charge in [-0.1, -0.05) is 42.5 Å². The van der Waals surface area contributed by atoms with Crippen molar-refractivity contribution >= 4 is 23.7 Å². The SMILES string of the molecule is O=C(CSC/C=C/c1ccccc1)NC12CC3CC(CC(C3)C1)C2. The van der Waals surface area contributed by atoms with Crippen LogP contribution in [-0.4, -0.2) is 23.0 Å². The molecule has 128 valence electrons. The Labute approximate surface area is 149 Å². The van der Waals surface area contributed by atoms with Crippen LogP contribution in [0.3, 0.4) is 0 Å². The molecule has 24 heavy (non-hydrogen) atoms. The van der Waals surface area contributed by atoms with Crippen LogP contribution in [0.4, 0.5) is 0 Å². The summed E-state index contributed by atoms with van der Waals surface area (Å²) in [5.74, 6) is 4.38. The molecule has 0 heterocycles. The second-order valence-corrected chi connectivity index (χ2v) is 9.10. The molecule has 0 saturated heterocycles. The van der Waals surface area contributed by atoms with Crippen LogP contribution in [-0.2, 0) is 4.79 Å². The lowest BCUT2D eigenvalue weighted by Crippen LogP contribution is -2.60. The maximum Gasteiger partial charge on any atom is 0.230 e. The highest BCUT2D eigenvalue weighted by Gasteiger charge is 2.51. The third-order valence-electron chi connectivity index (χ3n) is 6.00. The van der Waals surface area contributed by atoms with Gasteiger partial charge in [-0.15, -0.1) is 11.8 Å². The Morgan fingerprint density at radius 1 is 1.08 bits per heavy atom. The Morgan fingerprint density at radius 2 is 1.71 bits per heavy atom. The summed E-state index contributed by atoms with van der Waals surface area (Å²) in [6.45, 7) is 0. The predicted octanol–water partition coefficient (Wildman–Crippen LogP) is 4.52. The van der Waals surface area contributed by atoms with Gasteiger partial charge in [-0.25, -0.2) is 0 Å². The van der Waals surface area contributed by atoms with Gasteiger partial charge < -0.3 is 5.32 Å². The van der Waals surface area contributed by atoms with E-state index in [2.05, 4.69) is 29.6 Å². The summed E-state index contributed by atoms with van der Waals surface area (Å²) in [5, 5.41) is 3.45. The zero-order valence-corrected chi connectivity index (χ0v) is 15.1. The van der Waals surface area contributed by atoms with E-state index in [-0.39, 0.29) is 11.4 Å². The fourth-order valence-electron chi connectivity index (χ4n) is 5.56. The topological polar surface area (TPSA) is 29.1 Å². The van der Waals surface area contributed by atoms with E-state index in [1.165, 1.54) is 44.1 Å². The molecule has 4 bridgehead atoms. The summed E-state index contributed by atoms with van der Waals surface area (Å²) < 4.78 is 0. The van der Waals surface area contributed by atoms with Crippen LogP contribution in [0.5, 0.6) is 0 Å². The van der Waals surface area contributed by atoms with E-state index in [4.69, 9.17) is 0 Å². The Kier molecular flexibility index (Phi) is 4.71. The average molecular weight is 342 g/mol. The quantitative estimate of drug-likeness (QED) is 0.771. The van der Waals surface area contributed by atoms with Gasteiger partial charge in [0, 0.05) is 11.3 Å². The van der Waals surface area contributed by atoms with Crippen molar-refractivity contribution in [3.63, 3.8) is 0 Å². The molecule has 4 aliphatic carbocycles. The summed E-state index contributed by atoms with van der Waals surface area (Å²) in [5.41, 5.74) is 1.38. The zero-order valence-electron chi connectivity index (χ0n) is 14.2. The van der Waals surface area contributed by atoms with Crippen molar-refractivity contribution < 1.29 is 4.79 Å². The highest BCUT2D eigenvalue weighted by molar-refractivity contribution is 8.00. The minimum atomic E-state index is 0.159. The van der Waals surface area contributed by atoms with Crippen LogP contribution in [0.15, 0.2) is 36.4 Å². The Morgan fingerprint density at radius 3 is 2.33 bits per heavy atom. The number of nitrogens with one attached hydrogen (secondary N) is 1. The number of carbonyl (C=O) groups excluding carboxylic acids is 1. The van der Waals surface area contributed by atoms with Crippen molar-refractivity contribution in [3.05, 3.63) is 42.0 Å². The fourth-order valence-corrected chi connectivity index (χ4v) is 6.17. The van der Waals surface area contributed by atoms with E-state index >= 15 is 0 Å². The Bertz CT molecular complexity index is 574. The van der Waals surface area contributed by atoms with Gasteiger partial charge in [0.1, 0.15) is 0 Å². The lowest BCUT2D eigenvalue weighted by Gasteiger charge is -2.56. The van der Waals surface area contributed by atoms with Crippen molar-refractivity contribution in [2.45, 2.75) is 44.1 Å². The summed E-state index contributed by atoms with van der Waals surface area (Å²) in [6, 6.07) is 10.3. The molecule has 0 unspecified atom stereocenters. The van der Waals surface area contributed by atoms with Gasteiger partial charge in [-0.3, -0.25) is 4.79 Å². The molecule has 0 radical (unpaired) electrons. The number of rotatable bonds is 6. The van der Waals surface area contributed by atoms with Crippen LogP contribution in [0.1, 0.15) is 44.1 Å². The molecule has 0 spiro atoms. The Hall–Kier alpha value is -1.22. The smallest absolute Gasteiger partial charge is 0.230 e. The lowest BCUT2D eigenvalue weighted by molar-refractivity contribution is -0.124. The van der Waals surface area contributed by atoms with Crippen molar-refractivity contribution in [2.75, 3.05) is 11.5 Å². The molecule has 1 aromatic rings. The third kappa shape index (κ3) is 3.72. The molecule has 1 N–H and O–H groups in total. The molecule has 0 aliphatic heterocycles. The molecule has 2 nitrogen and oxygen atoms in total. The monoisotopic (exact) mass is 341 g/mol. The summed E-state index contributed by atoms with van der Waals surface area (Å²) in [6.07, 6.45) is 12.3. The largest absolute Gasteiger partial charge is 0.350 e. The minimum absolute atomic E-state index is 0.159. The third-order valence-corrected chi connectivity index (χ3v) is 6.89. The molecular formula is C21H27NOS. The maximum absolute atomic E-state index is 12.4. The highest BCUT2D eigenvalue weighted by atomic mass is 32.2. The van der Waals surface area contributed by atoms with Crippen LogP contribution in [0.25, 0.3) is 6.08 Å². The zero-order chi connectivity index (χ0) is 16.4. The number of benzene rings is 1. The summed E-state index contributed by atoms with van der Waals surface area (Å²) in [7, 11) is 0. The van der Waals surface area contributed by atoms with E-state index in [0.29, 0.717) is 5.75 Å². The van der Waals surface area contributed by atoms with E-state index in [0.717, 1.165) is 23.5 Å². The molecule has 4 saturated carbocycles. The molecule has 1 aromatic carbocycles. The number of amides is 1. The summed E-state index contributed by atoms with van der Waals surface area (Å²) in [4.78, 5) is 12.4. The Balaban J connectivity index is 1.22. The van der Waals surface area contributed by atoms with Gasteiger partial charge in [-0.2, -0.15) is 0 Å². The fraction of sp³-hybridized carbons (Fsp3) is 0.571. The van der Waals surface area contributed by atoms with E-state index in [1.807, 2.05) is 18.2 Å². The second-order valence-electron chi connectivity index (χ2n) is 8.07. The van der Waals surface area contributed by atoms with Gasteiger partial charge in [0.25, 0.3) is 0 Å². The molecule has 3 heteroatoms. The molecular weight excluding hydrogens is 314 g/mol. The molecule has 5 rings (SSSR count). The van der Waals surface area contributed by atoms with Gasteiger partial charge in [0.2, 0.25) is 5.91 Å². The number of hydrogen-bond acceptors (Lipinski definition) is 2. The predicted molar refractivity (Wildman–Crippen MR) is 102 cm³/mol. The van der Waals surface area contributed by atoms with E-state index < -0.39 is 0 Å². The van der Waals surface area contributed by atoms with Crippen molar-refractivity contribution in [3.8, 4) is 0 Å². The summed E-state index contributed by atoms with van der Waals surface area (Å²) >= 11 is 1.71. The van der Waals surface area contributed by atoms with Gasteiger partial charge in [0.15, 0.2) is 0 Å². The van der Waals surface area contributed by atoms with Crippen molar-refractivity contribution in [1.82, 2.24) is 5.32 Å². The second kappa shape index (κ2) is 6.95. The molecule has 1 amide bonds. The van der Waals surface area contributed by atoms with Crippen molar-refractivity contribution in [2.24, 2.45) is 17.8 Å². The minimum Gasteiger partial charge on any atom is -0.350 e. The van der Waals surface area contributed by atoms with Crippen molar-refractivity contribution in [1.29, 1.82) is 0 Å². The number of hydrogen-bond donors (Lipinski definition) is 1. The normalized spacial score (nSPS) is 33.9. The van der Waals surface area contributed by atoms with Crippen LogP contribution < -0.4 is 5.32 Å². The number of carbonyl (C=O) groups is 1. The van der Waals surface area contributed by atoms with Crippen LogP contribution in [0, 0.1) is 17.8 Å². The molecule has 0 atom stereocenters. The van der Waals surface area contributed by atoms with Crippen LogP contribution in [0.2, 0.25) is 0 Å². The first kappa shape index (κ1) is 16.3. The first-order valence-corrected chi connectivity index (χ1v) is 10.5. The first-order chi connectivity index (χ1) is 11.7. The molecule has 0 aromatic heterocycles. The number of thioether (sulfide) groups is 1. The van der Waals surface area contributed by atoms with E-state index in [9.17, 15) is 4.79 Å². The van der Waals surface area contributed by atoms with Gasteiger partial charge >= 0.3 is 0 Å². The highest BCUT2D eigenvalue weighted by Crippen LogP contribution is 2.55.